The number of aromatic nitrogens is 1. The predicted molar refractivity (Wildman–Crippen MR) is 96.1 cm³/mol. The van der Waals surface area contributed by atoms with E-state index in [0.717, 1.165) is 6.20 Å². The van der Waals surface area contributed by atoms with Crippen molar-refractivity contribution in [2.45, 2.75) is 51.4 Å². The van der Waals surface area contributed by atoms with Crippen LogP contribution in [-0.4, -0.2) is 54.5 Å². The van der Waals surface area contributed by atoms with Crippen LogP contribution in [0.5, 0.6) is 5.75 Å². The summed E-state index contributed by atoms with van der Waals surface area (Å²) in [6.07, 6.45) is -2.61. The molecule has 0 saturated carbocycles. The van der Waals surface area contributed by atoms with Crippen molar-refractivity contribution < 1.29 is 32.2 Å². The van der Waals surface area contributed by atoms with E-state index in [1.807, 2.05) is 0 Å². The maximum absolute atomic E-state index is 13.0. The van der Waals surface area contributed by atoms with Crippen molar-refractivity contribution in [2.24, 2.45) is 5.92 Å². The molecular weight excluding hydrogens is 377 g/mol. The van der Waals surface area contributed by atoms with Gasteiger partial charge in [-0.1, -0.05) is 0 Å². The summed E-state index contributed by atoms with van der Waals surface area (Å²) in [7, 11) is 1.56. The maximum Gasteiger partial charge on any atom is 0.437 e. The lowest BCUT2D eigenvalue weighted by molar-refractivity contribution is -0.142. The van der Waals surface area contributed by atoms with Crippen LogP contribution in [0.25, 0.3) is 0 Å². The van der Waals surface area contributed by atoms with Crippen LogP contribution in [0.2, 0.25) is 0 Å². The molecule has 1 aliphatic rings. The van der Waals surface area contributed by atoms with Crippen LogP contribution in [0.15, 0.2) is 18.3 Å². The predicted octanol–water partition coefficient (Wildman–Crippen LogP) is 4.14. The SMILES string of the molecule is COCC1CCC(COc2cccnc2C(F)(F)F)CN1C(=O)OC(C)(C)C. The number of alkyl halides is 3. The van der Waals surface area contributed by atoms with Crippen LogP contribution < -0.4 is 4.74 Å². The Labute approximate surface area is 163 Å². The van der Waals surface area contributed by atoms with E-state index in [-0.39, 0.29) is 24.3 Å². The number of halogens is 3. The third-order valence-electron chi connectivity index (χ3n) is 4.30. The fourth-order valence-corrected chi connectivity index (χ4v) is 3.08. The van der Waals surface area contributed by atoms with Crippen molar-refractivity contribution in [2.75, 3.05) is 26.9 Å². The summed E-state index contributed by atoms with van der Waals surface area (Å²) < 4.78 is 55.2. The van der Waals surface area contributed by atoms with Gasteiger partial charge in [0.25, 0.3) is 0 Å². The first-order chi connectivity index (χ1) is 13.0. The molecule has 1 saturated heterocycles. The molecule has 0 radical (unpaired) electrons. The summed E-state index contributed by atoms with van der Waals surface area (Å²) in [4.78, 5) is 17.5. The number of methoxy groups -OCH3 is 1. The molecule has 6 nitrogen and oxygen atoms in total. The van der Waals surface area contributed by atoms with Gasteiger partial charge in [0.05, 0.1) is 19.3 Å². The molecule has 1 fully saturated rings. The van der Waals surface area contributed by atoms with Gasteiger partial charge in [-0.15, -0.1) is 0 Å². The molecule has 2 unspecified atom stereocenters. The number of carbonyl (C=O) groups is 1. The van der Waals surface area contributed by atoms with Crippen LogP contribution in [0.4, 0.5) is 18.0 Å². The van der Waals surface area contributed by atoms with Gasteiger partial charge in [-0.25, -0.2) is 9.78 Å². The van der Waals surface area contributed by atoms with Gasteiger partial charge in [0.2, 0.25) is 0 Å². The van der Waals surface area contributed by atoms with Crippen LogP contribution in [-0.2, 0) is 15.7 Å². The third kappa shape index (κ3) is 6.25. The smallest absolute Gasteiger partial charge is 0.437 e. The van der Waals surface area contributed by atoms with Crippen LogP contribution in [0.3, 0.4) is 0 Å². The van der Waals surface area contributed by atoms with Crippen LogP contribution in [0, 0.1) is 5.92 Å². The first kappa shape index (κ1) is 22.3. The second-order valence-electron chi connectivity index (χ2n) is 7.84. The molecule has 1 aliphatic heterocycles. The average Bonchev–Trinajstić information content (AvgIpc) is 2.59. The third-order valence-corrected chi connectivity index (χ3v) is 4.30. The van der Waals surface area contributed by atoms with Gasteiger partial charge in [-0.3, -0.25) is 0 Å². The van der Waals surface area contributed by atoms with Gasteiger partial charge in [0, 0.05) is 25.8 Å². The molecule has 0 bridgehead atoms. The molecule has 9 heteroatoms. The number of hydrogen-bond donors (Lipinski definition) is 0. The van der Waals surface area contributed by atoms with Crippen LogP contribution >= 0.6 is 0 Å². The van der Waals surface area contributed by atoms with E-state index >= 15 is 0 Å². The number of ether oxygens (including phenoxy) is 3. The molecule has 1 aromatic heterocycles. The van der Waals surface area contributed by atoms with E-state index in [0.29, 0.717) is 26.0 Å². The van der Waals surface area contributed by atoms with E-state index < -0.39 is 23.6 Å². The van der Waals surface area contributed by atoms with Crippen molar-refractivity contribution >= 4 is 6.09 Å². The van der Waals surface area contributed by atoms with Crippen molar-refractivity contribution in [1.29, 1.82) is 0 Å². The number of amides is 1. The highest BCUT2D eigenvalue weighted by atomic mass is 19.4. The standard InChI is InChI=1S/C19H27F3N2O4/c1-18(2,3)28-17(25)24-10-13(7-8-14(24)12-26-4)11-27-15-6-5-9-23-16(15)19(20,21)22/h5-6,9,13-14H,7-8,10-12H2,1-4H3. The zero-order valence-corrected chi connectivity index (χ0v) is 16.6. The summed E-state index contributed by atoms with van der Waals surface area (Å²) in [6, 6.07) is 2.51. The van der Waals surface area contributed by atoms with Gasteiger partial charge in [0.1, 0.15) is 11.4 Å². The fraction of sp³-hybridized carbons (Fsp3) is 0.684. The highest BCUT2D eigenvalue weighted by Crippen LogP contribution is 2.34. The highest BCUT2D eigenvalue weighted by Gasteiger charge is 2.37. The zero-order chi connectivity index (χ0) is 20.9. The summed E-state index contributed by atoms with van der Waals surface area (Å²) in [6.45, 7) is 6.08. The monoisotopic (exact) mass is 404 g/mol. The highest BCUT2D eigenvalue weighted by molar-refractivity contribution is 5.68. The number of carbonyl (C=O) groups excluding carboxylic acids is 1. The summed E-state index contributed by atoms with van der Waals surface area (Å²) in [5, 5.41) is 0. The molecule has 0 N–H and O–H groups in total. The number of nitrogens with zero attached hydrogens (tertiary/aromatic N) is 2. The number of likely N-dealkylation sites (tertiary alicyclic amines) is 1. The minimum Gasteiger partial charge on any atom is -0.491 e. The first-order valence-electron chi connectivity index (χ1n) is 9.15. The molecule has 28 heavy (non-hydrogen) atoms. The van der Waals surface area contributed by atoms with Gasteiger partial charge >= 0.3 is 12.3 Å². The second kappa shape index (κ2) is 8.98. The Morgan fingerprint density at radius 1 is 1.25 bits per heavy atom. The molecular formula is C19H27F3N2O4. The van der Waals surface area contributed by atoms with E-state index in [4.69, 9.17) is 14.2 Å². The van der Waals surface area contributed by atoms with E-state index in [9.17, 15) is 18.0 Å². The molecule has 0 aromatic carbocycles. The van der Waals surface area contributed by atoms with Crippen molar-refractivity contribution in [1.82, 2.24) is 9.88 Å². The van der Waals surface area contributed by atoms with Crippen molar-refractivity contribution in [3.8, 4) is 5.75 Å². The minimum absolute atomic E-state index is 0.0494. The van der Waals surface area contributed by atoms with E-state index in [1.165, 1.54) is 12.1 Å². The Kier molecular flexibility index (Phi) is 7.14. The number of pyridine rings is 1. The van der Waals surface area contributed by atoms with Crippen molar-refractivity contribution in [3.05, 3.63) is 24.0 Å². The summed E-state index contributed by atoms with van der Waals surface area (Å²) in [5.74, 6) is -0.431. The Morgan fingerprint density at radius 2 is 1.96 bits per heavy atom. The van der Waals surface area contributed by atoms with E-state index in [1.54, 1.807) is 32.8 Å². The summed E-state index contributed by atoms with van der Waals surface area (Å²) in [5.41, 5.74) is -1.69. The second-order valence-corrected chi connectivity index (χ2v) is 7.84. The quantitative estimate of drug-likeness (QED) is 0.738. The molecule has 158 valence electrons. The maximum atomic E-state index is 13.0. The van der Waals surface area contributed by atoms with Gasteiger partial charge in [-0.2, -0.15) is 13.2 Å². The summed E-state index contributed by atoms with van der Waals surface area (Å²) >= 11 is 0. The van der Waals surface area contributed by atoms with E-state index in [2.05, 4.69) is 4.98 Å². The molecule has 0 spiro atoms. The van der Waals surface area contributed by atoms with Gasteiger partial charge in [0.15, 0.2) is 5.69 Å². The fourth-order valence-electron chi connectivity index (χ4n) is 3.08. The van der Waals surface area contributed by atoms with Crippen LogP contribution in [0.1, 0.15) is 39.3 Å². The lowest BCUT2D eigenvalue weighted by Crippen LogP contribution is -2.51. The zero-order valence-electron chi connectivity index (χ0n) is 16.6. The van der Waals surface area contributed by atoms with Crippen molar-refractivity contribution in [3.63, 3.8) is 0 Å². The number of hydrogen-bond acceptors (Lipinski definition) is 5. The molecule has 1 aromatic rings. The lowest BCUT2D eigenvalue weighted by atomic mass is 9.94. The molecule has 0 aliphatic carbocycles. The Morgan fingerprint density at radius 3 is 2.57 bits per heavy atom. The number of piperidine rings is 1. The Bertz CT molecular complexity index is 661. The number of rotatable bonds is 5. The molecule has 2 atom stereocenters. The van der Waals surface area contributed by atoms with Gasteiger partial charge in [-0.05, 0) is 45.7 Å². The van der Waals surface area contributed by atoms with Gasteiger partial charge < -0.3 is 19.1 Å². The topological polar surface area (TPSA) is 60.9 Å². The first-order valence-corrected chi connectivity index (χ1v) is 9.15. The minimum atomic E-state index is -4.59. The average molecular weight is 404 g/mol. The molecule has 1 amide bonds. The molecule has 2 heterocycles. The lowest BCUT2D eigenvalue weighted by Gasteiger charge is -2.39. The Hall–Kier alpha value is -2.03. The molecule has 2 rings (SSSR count). The normalized spacial score (nSPS) is 20.8. The largest absolute Gasteiger partial charge is 0.491 e. The Balaban J connectivity index is 2.05.